The lowest BCUT2D eigenvalue weighted by Crippen LogP contribution is -1.91. The molecule has 48 valence electrons. The van der Waals surface area contributed by atoms with Gasteiger partial charge in [-0.2, -0.15) is 5.10 Å². The normalized spacial score (nSPS) is 9.44. The van der Waals surface area contributed by atoms with Gasteiger partial charge in [-0.05, 0) is 0 Å². The van der Waals surface area contributed by atoms with Gasteiger partial charge in [0.05, 0.1) is 6.20 Å². The van der Waals surface area contributed by atoms with E-state index in [2.05, 4.69) is 11.7 Å². The maximum Gasteiger partial charge on any atom is 0.0582 e. The van der Waals surface area contributed by atoms with Crippen LogP contribution in [0, 0.1) is 0 Å². The second-order valence-corrected chi connectivity index (χ2v) is 1.93. The molecule has 0 aliphatic heterocycles. The Morgan fingerprint density at radius 3 is 2.78 bits per heavy atom. The SMILES string of the molecule is C=C(N)c1cnn(C)c1. The average Bonchev–Trinajstić information content (AvgIpc) is 2.14. The van der Waals surface area contributed by atoms with Crippen molar-refractivity contribution in [3.63, 3.8) is 0 Å². The summed E-state index contributed by atoms with van der Waals surface area (Å²) in [6, 6.07) is 0. The van der Waals surface area contributed by atoms with Crippen molar-refractivity contribution in [3.8, 4) is 0 Å². The van der Waals surface area contributed by atoms with Crippen molar-refractivity contribution in [2.24, 2.45) is 12.8 Å². The van der Waals surface area contributed by atoms with E-state index in [4.69, 9.17) is 5.73 Å². The Bertz CT molecular complexity index is 224. The fraction of sp³-hybridized carbons (Fsp3) is 0.167. The van der Waals surface area contributed by atoms with E-state index in [9.17, 15) is 0 Å². The highest BCUT2D eigenvalue weighted by atomic mass is 15.2. The van der Waals surface area contributed by atoms with Crippen LogP contribution in [-0.2, 0) is 7.05 Å². The molecule has 0 atom stereocenters. The lowest BCUT2D eigenvalue weighted by atomic mass is 10.3. The second-order valence-electron chi connectivity index (χ2n) is 1.93. The number of hydrogen-bond donors (Lipinski definition) is 1. The summed E-state index contributed by atoms with van der Waals surface area (Å²) in [5.41, 5.74) is 6.82. The molecule has 0 radical (unpaired) electrons. The molecule has 0 aliphatic rings. The van der Waals surface area contributed by atoms with Crippen LogP contribution >= 0.6 is 0 Å². The van der Waals surface area contributed by atoms with Gasteiger partial charge in [-0.3, -0.25) is 4.68 Å². The molecular weight excluding hydrogens is 114 g/mol. The zero-order valence-electron chi connectivity index (χ0n) is 5.33. The van der Waals surface area contributed by atoms with Crippen LogP contribution in [0.1, 0.15) is 5.56 Å². The molecule has 0 bridgehead atoms. The Labute approximate surface area is 53.8 Å². The average molecular weight is 123 g/mol. The zero-order valence-corrected chi connectivity index (χ0v) is 5.33. The monoisotopic (exact) mass is 123 g/mol. The minimum absolute atomic E-state index is 0.558. The Hall–Kier alpha value is -1.25. The summed E-state index contributed by atoms with van der Waals surface area (Å²) >= 11 is 0. The lowest BCUT2D eigenvalue weighted by molar-refractivity contribution is 0.767. The second kappa shape index (κ2) is 1.93. The van der Waals surface area contributed by atoms with Crippen LogP contribution in [0.5, 0.6) is 0 Å². The zero-order chi connectivity index (χ0) is 6.85. The summed E-state index contributed by atoms with van der Waals surface area (Å²) in [5.74, 6) is 0. The number of aromatic nitrogens is 2. The molecule has 1 rings (SSSR count). The molecule has 0 aromatic carbocycles. The number of hydrogen-bond acceptors (Lipinski definition) is 2. The molecule has 3 heteroatoms. The molecule has 0 unspecified atom stereocenters. The third-order valence-electron chi connectivity index (χ3n) is 1.08. The van der Waals surface area contributed by atoms with E-state index in [-0.39, 0.29) is 0 Å². The van der Waals surface area contributed by atoms with Gasteiger partial charge in [0.1, 0.15) is 0 Å². The minimum Gasteiger partial charge on any atom is -0.399 e. The fourth-order valence-corrected chi connectivity index (χ4v) is 0.587. The molecule has 0 aliphatic carbocycles. The van der Waals surface area contributed by atoms with Gasteiger partial charge in [-0.15, -0.1) is 0 Å². The van der Waals surface area contributed by atoms with E-state index >= 15 is 0 Å². The van der Waals surface area contributed by atoms with Crippen molar-refractivity contribution in [1.82, 2.24) is 9.78 Å². The van der Waals surface area contributed by atoms with Crippen molar-refractivity contribution in [3.05, 3.63) is 24.5 Å². The molecule has 1 aromatic heterocycles. The first-order valence-electron chi connectivity index (χ1n) is 2.63. The highest BCUT2D eigenvalue weighted by molar-refractivity contribution is 5.58. The number of nitrogens with zero attached hydrogens (tertiary/aromatic N) is 2. The van der Waals surface area contributed by atoms with Crippen LogP contribution in [0.15, 0.2) is 19.0 Å². The molecule has 2 N–H and O–H groups in total. The highest BCUT2D eigenvalue weighted by Crippen LogP contribution is 2.02. The van der Waals surface area contributed by atoms with E-state index in [0.717, 1.165) is 5.56 Å². The highest BCUT2D eigenvalue weighted by Gasteiger charge is 1.93. The van der Waals surface area contributed by atoms with Crippen molar-refractivity contribution in [2.75, 3.05) is 0 Å². The summed E-state index contributed by atoms with van der Waals surface area (Å²) in [6.45, 7) is 3.56. The molecular formula is C6H9N3. The topological polar surface area (TPSA) is 43.8 Å². The Balaban J connectivity index is 2.98. The first kappa shape index (κ1) is 5.88. The molecule has 0 saturated heterocycles. The molecule has 1 aromatic rings. The van der Waals surface area contributed by atoms with E-state index in [1.54, 1.807) is 10.9 Å². The van der Waals surface area contributed by atoms with Crippen molar-refractivity contribution < 1.29 is 0 Å². The summed E-state index contributed by atoms with van der Waals surface area (Å²) in [5, 5.41) is 3.91. The summed E-state index contributed by atoms with van der Waals surface area (Å²) in [6.07, 6.45) is 3.50. The smallest absolute Gasteiger partial charge is 0.0582 e. The molecule has 1 heterocycles. The molecule has 0 fully saturated rings. The minimum atomic E-state index is 0.558. The molecule has 9 heavy (non-hydrogen) atoms. The number of rotatable bonds is 1. The number of nitrogens with two attached hydrogens (primary N) is 1. The van der Waals surface area contributed by atoms with Gasteiger partial charge in [0.25, 0.3) is 0 Å². The predicted octanol–water partition coefficient (Wildman–Crippen LogP) is 0.349. The summed E-state index contributed by atoms with van der Waals surface area (Å²) in [4.78, 5) is 0. The van der Waals surface area contributed by atoms with Crippen molar-refractivity contribution >= 4 is 5.70 Å². The largest absolute Gasteiger partial charge is 0.399 e. The summed E-state index contributed by atoms with van der Waals surface area (Å²) < 4.78 is 1.69. The molecule has 0 amide bonds. The van der Waals surface area contributed by atoms with E-state index in [1.165, 1.54) is 0 Å². The quantitative estimate of drug-likeness (QED) is 0.585. The van der Waals surface area contributed by atoms with Crippen LogP contribution in [0.2, 0.25) is 0 Å². The Morgan fingerprint density at radius 1 is 1.89 bits per heavy atom. The van der Waals surface area contributed by atoms with Crippen LogP contribution in [0.4, 0.5) is 0 Å². The van der Waals surface area contributed by atoms with Crippen LogP contribution in [0.3, 0.4) is 0 Å². The van der Waals surface area contributed by atoms with Gasteiger partial charge in [-0.25, -0.2) is 0 Å². The van der Waals surface area contributed by atoms with Crippen LogP contribution < -0.4 is 5.73 Å². The van der Waals surface area contributed by atoms with Gasteiger partial charge in [-0.1, -0.05) is 6.58 Å². The third-order valence-corrected chi connectivity index (χ3v) is 1.08. The lowest BCUT2D eigenvalue weighted by Gasteiger charge is -1.88. The van der Waals surface area contributed by atoms with Gasteiger partial charge < -0.3 is 5.73 Å². The van der Waals surface area contributed by atoms with Gasteiger partial charge >= 0.3 is 0 Å². The van der Waals surface area contributed by atoms with Crippen molar-refractivity contribution in [1.29, 1.82) is 0 Å². The van der Waals surface area contributed by atoms with Gasteiger partial charge in [0, 0.05) is 24.5 Å². The molecule has 0 spiro atoms. The van der Waals surface area contributed by atoms with E-state index < -0.39 is 0 Å². The number of aryl methyl sites for hydroxylation is 1. The Morgan fingerprint density at radius 2 is 2.56 bits per heavy atom. The Kier molecular flexibility index (Phi) is 1.26. The van der Waals surface area contributed by atoms with Crippen LogP contribution in [0.25, 0.3) is 5.70 Å². The maximum atomic E-state index is 5.38. The fourth-order valence-electron chi connectivity index (χ4n) is 0.587. The molecule has 0 saturated carbocycles. The first-order chi connectivity index (χ1) is 4.20. The summed E-state index contributed by atoms with van der Waals surface area (Å²) in [7, 11) is 1.84. The first-order valence-corrected chi connectivity index (χ1v) is 2.63. The van der Waals surface area contributed by atoms with E-state index in [1.807, 2.05) is 13.2 Å². The van der Waals surface area contributed by atoms with Crippen LogP contribution in [-0.4, -0.2) is 9.78 Å². The standard InChI is InChI=1S/C6H9N3/c1-5(7)6-3-8-9(2)4-6/h3-4H,1,7H2,2H3. The maximum absolute atomic E-state index is 5.38. The third kappa shape index (κ3) is 1.10. The molecule has 3 nitrogen and oxygen atoms in total. The van der Waals surface area contributed by atoms with Crippen molar-refractivity contribution in [2.45, 2.75) is 0 Å². The van der Waals surface area contributed by atoms with Gasteiger partial charge in [0.2, 0.25) is 0 Å². The van der Waals surface area contributed by atoms with E-state index in [0.29, 0.717) is 5.70 Å². The predicted molar refractivity (Wildman–Crippen MR) is 36.4 cm³/mol. The van der Waals surface area contributed by atoms with Gasteiger partial charge in [0.15, 0.2) is 0 Å².